The van der Waals surface area contributed by atoms with Crippen molar-refractivity contribution >= 4 is 10.0 Å². The van der Waals surface area contributed by atoms with E-state index in [9.17, 15) is 8.42 Å². The molecule has 0 heterocycles. The van der Waals surface area contributed by atoms with Gasteiger partial charge in [-0.05, 0) is 24.7 Å². The van der Waals surface area contributed by atoms with Crippen LogP contribution in [0.4, 0.5) is 0 Å². The summed E-state index contributed by atoms with van der Waals surface area (Å²) in [5, 5.41) is 2.83. The summed E-state index contributed by atoms with van der Waals surface area (Å²) >= 11 is 0. The van der Waals surface area contributed by atoms with Gasteiger partial charge in [0.05, 0.1) is 12.9 Å². The van der Waals surface area contributed by atoms with Crippen molar-refractivity contribution in [1.82, 2.24) is 9.62 Å². The normalized spacial score (nSPS) is 11.8. The van der Waals surface area contributed by atoms with Gasteiger partial charge in [0.15, 0.2) is 0 Å². The van der Waals surface area contributed by atoms with E-state index >= 15 is 0 Å². The smallest absolute Gasteiger partial charge is 0.215 e. The maximum absolute atomic E-state index is 11.9. The van der Waals surface area contributed by atoms with Crippen molar-refractivity contribution < 1.29 is 13.2 Å². The molecule has 0 radical (unpaired) electrons. The Bertz CT molecular complexity index is 474. The standard InChI is InChI=1S/C12H20N2O3S/c1-13-7-8-18(15,16)14(2)10-11-5-4-6-12(9-11)17-3/h4-6,9,13H,7-8,10H2,1-3H3. The van der Waals surface area contributed by atoms with Gasteiger partial charge in [-0.1, -0.05) is 12.1 Å². The molecule has 0 saturated carbocycles. The highest BCUT2D eigenvalue weighted by molar-refractivity contribution is 7.89. The van der Waals surface area contributed by atoms with Crippen LogP contribution in [0.1, 0.15) is 5.56 Å². The Labute approximate surface area is 109 Å². The zero-order valence-electron chi connectivity index (χ0n) is 11.0. The van der Waals surface area contributed by atoms with Crippen LogP contribution in [0.2, 0.25) is 0 Å². The maximum Gasteiger partial charge on any atom is 0.215 e. The lowest BCUT2D eigenvalue weighted by molar-refractivity contribution is 0.412. The van der Waals surface area contributed by atoms with E-state index in [0.29, 0.717) is 13.1 Å². The van der Waals surface area contributed by atoms with Gasteiger partial charge in [-0.2, -0.15) is 0 Å². The highest BCUT2D eigenvalue weighted by Crippen LogP contribution is 2.15. The van der Waals surface area contributed by atoms with Gasteiger partial charge in [-0.3, -0.25) is 0 Å². The van der Waals surface area contributed by atoms with Crippen LogP contribution in [0.25, 0.3) is 0 Å². The van der Waals surface area contributed by atoms with Crippen LogP contribution in [0, 0.1) is 0 Å². The molecule has 0 atom stereocenters. The Hall–Kier alpha value is -1.11. The van der Waals surface area contributed by atoms with Gasteiger partial charge in [-0.25, -0.2) is 12.7 Å². The van der Waals surface area contributed by atoms with E-state index in [1.54, 1.807) is 21.2 Å². The minimum Gasteiger partial charge on any atom is -0.497 e. The van der Waals surface area contributed by atoms with E-state index in [1.165, 1.54) is 4.31 Å². The number of methoxy groups -OCH3 is 1. The Morgan fingerprint density at radius 3 is 2.72 bits per heavy atom. The highest BCUT2D eigenvalue weighted by atomic mass is 32.2. The van der Waals surface area contributed by atoms with Gasteiger partial charge in [0.2, 0.25) is 10.0 Å². The summed E-state index contributed by atoms with van der Waals surface area (Å²) in [6, 6.07) is 7.40. The molecule has 0 aliphatic heterocycles. The quantitative estimate of drug-likeness (QED) is 0.793. The predicted molar refractivity (Wildman–Crippen MR) is 72.2 cm³/mol. The van der Waals surface area contributed by atoms with Gasteiger partial charge in [-0.15, -0.1) is 0 Å². The summed E-state index contributed by atoms with van der Waals surface area (Å²) in [5.74, 6) is 0.831. The van der Waals surface area contributed by atoms with Crippen molar-refractivity contribution in [2.24, 2.45) is 0 Å². The molecule has 6 heteroatoms. The van der Waals surface area contributed by atoms with Crippen molar-refractivity contribution in [1.29, 1.82) is 0 Å². The molecule has 0 amide bonds. The fourth-order valence-electron chi connectivity index (χ4n) is 1.51. The first-order valence-corrected chi connectivity index (χ1v) is 7.32. The summed E-state index contributed by atoms with van der Waals surface area (Å²) in [4.78, 5) is 0. The van der Waals surface area contributed by atoms with Crippen LogP contribution >= 0.6 is 0 Å². The first kappa shape index (κ1) is 14.9. The van der Waals surface area contributed by atoms with Crippen LogP contribution < -0.4 is 10.1 Å². The third-order valence-electron chi connectivity index (χ3n) is 2.62. The lowest BCUT2D eigenvalue weighted by atomic mass is 10.2. The van der Waals surface area contributed by atoms with Crippen molar-refractivity contribution in [3.05, 3.63) is 29.8 Å². The number of ether oxygens (including phenoxy) is 1. The Balaban J connectivity index is 2.71. The topological polar surface area (TPSA) is 58.6 Å². The summed E-state index contributed by atoms with van der Waals surface area (Å²) in [6.07, 6.45) is 0. The molecule has 1 aromatic rings. The fraction of sp³-hybridized carbons (Fsp3) is 0.500. The van der Waals surface area contributed by atoms with Crippen LogP contribution in [0.15, 0.2) is 24.3 Å². The van der Waals surface area contributed by atoms with Gasteiger partial charge in [0.25, 0.3) is 0 Å². The lowest BCUT2D eigenvalue weighted by Gasteiger charge is -2.17. The summed E-state index contributed by atoms with van der Waals surface area (Å²) < 4.78 is 30.3. The molecule has 0 aliphatic carbocycles. The van der Waals surface area contributed by atoms with Gasteiger partial charge in [0.1, 0.15) is 5.75 Å². The van der Waals surface area contributed by atoms with Crippen LogP contribution in [0.3, 0.4) is 0 Å². The van der Waals surface area contributed by atoms with Crippen LogP contribution in [0.5, 0.6) is 5.75 Å². The van der Waals surface area contributed by atoms with Crippen molar-refractivity contribution in [3.63, 3.8) is 0 Å². The molecule has 1 aromatic carbocycles. The largest absolute Gasteiger partial charge is 0.497 e. The molecule has 18 heavy (non-hydrogen) atoms. The lowest BCUT2D eigenvalue weighted by Crippen LogP contribution is -2.32. The van der Waals surface area contributed by atoms with E-state index in [1.807, 2.05) is 24.3 Å². The Morgan fingerprint density at radius 2 is 2.11 bits per heavy atom. The van der Waals surface area contributed by atoms with Crippen molar-refractivity contribution in [3.8, 4) is 5.75 Å². The van der Waals surface area contributed by atoms with Crippen LogP contribution in [-0.2, 0) is 16.6 Å². The second-order valence-electron chi connectivity index (χ2n) is 4.03. The number of sulfonamides is 1. The van der Waals surface area contributed by atoms with Gasteiger partial charge in [0, 0.05) is 20.1 Å². The third kappa shape index (κ3) is 4.29. The number of nitrogens with one attached hydrogen (secondary N) is 1. The zero-order chi connectivity index (χ0) is 13.6. The van der Waals surface area contributed by atoms with Crippen LogP contribution in [-0.4, -0.2) is 46.2 Å². The molecule has 102 valence electrons. The molecular weight excluding hydrogens is 252 g/mol. The molecule has 0 aromatic heterocycles. The molecule has 5 nitrogen and oxygen atoms in total. The minimum absolute atomic E-state index is 0.101. The number of benzene rings is 1. The Kier molecular flexibility index (Phi) is 5.58. The number of nitrogens with zero attached hydrogens (tertiary/aromatic N) is 1. The maximum atomic E-state index is 11.9. The molecule has 0 aliphatic rings. The van der Waals surface area contributed by atoms with Crippen molar-refractivity contribution in [2.45, 2.75) is 6.54 Å². The van der Waals surface area contributed by atoms with E-state index in [0.717, 1.165) is 11.3 Å². The van der Waals surface area contributed by atoms with E-state index in [4.69, 9.17) is 4.74 Å². The first-order chi connectivity index (χ1) is 8.49. The van der Waals surface area contributed by atoms with Crippen molar-refractivity contribution in [2.75, 3.05) is 33.5 Å². The number of rotatable bonds is 7. The second-order valence-corrected chi connectivity index (χ2v) is 6.22. The number of hydrogen-bond acceptors (Lipinski definition) is 4. The summed E-state index contributed by atoms with van der Waals surface area (Å²) in [6.45, 7) is 0.800. The molecule has 1 N–H and O–H groups in total. The first-order valence-electron chi connectivity index (χ1n) is 5.71. The van der Waals surface area contributed by atoms with E-state index in [2.05, 4.69) is 5.32 Å². The predicted octanol–water partition coefficient (Wildman–Crippen LogP) is 0.676. The zero-order valence-corrected chi connectivity index (χ0v) is 11.8. The average molecular weight is 272 g/mol. The molecule has 0 spiro atoms. The van der Waals surface area contributed by atoms with Gasteiger partial charge >= 0.3 is 0 Å². The fourth-order valence-corrected chi connectivity index (χ4v) is 2.63. The Morgan fingerprint density at radius 1 is 1.39 bits per heavy atom. The highest BCUT2D eigenvalue weighted by Gasteiger charge is 2.17. The molecule has 1 rings (SSSR count). The van der Waals surface area contributed by atoms with Gasteiger partial charge < -0.3 is 10.1 Å². The molecule has 0 unspecified atom stereocenters. The molecular formula is C12H20N2O3S. The molecule has 0 bridgehead atoms. The minimum atomic E-state index is -3.21. The monoisotopic (exact) mass is 272 g/mol. The summed E-state index contributed by atoms with van der Waals surface area (Å²) in [7, 11) is 1.70. The molecule has 0 saturated heterocycles. The van der Waals surface area contributed by atoms with E-state index in [-0.39, 0.29) is 5.75 Å². The average Bonchev–Trinajstić information content (AvgIpc) is 2.36. The second kappa shape index (κ2) is 6.72. The third-order valence-corrected chi connectivity index (χ3v) is 4.42. The van der Waals surface area contributed by atoms with E-state index < -0.39 is 10.0 Å². The summed E-state index contributed by atoms with van der Waals surface area (Å²) in [5.41, 5.74) is 0.907. The SMILES string of the molecule is CNCCS(=O)(=O)N(C)Cc1cccc(OC)c1. The molecule has 0 fully saturated rings. The number of hydrogen-bond donors (Lipinski definition) is 1.